The molecule has 0 aliphatic rings. The van der Waals surface area contributed by atoms with Crippen LogP contribution in [-0.4, -0.2) is 24.8 Å². The largest absolute Gasteiger partial charge is 0.382 e. The molecule has 0 atom stereocenters. The quantitative estimate of drug-likeness (QED) is 0.633. The van der Waals surface area contributed by atoms with Crippen molar-refractivity contribution in [3.8, 4) is 11.5 Å². The molecular weight excluding hydrogens is 204 g/mol. The standard InChI is InChI=1S/C10H10N6/c1-6-2-3-16-9(4-6)14-15-10(16)7-5-8(11)13-12-7/h2-5H,1H3,(H3,11,12,13). The van der Waals surface area contributed by atoms with Crippen molar-refractivity contribution >= 4 is 11.5 Å². The van der Waals surface area contributed by atoms with Crippen LogP contribution in [0.15, 0.2) is 24.4 Å². The van der Waals surface area contributed by atoms with Crippen LogP contribution in [0.25, 0.3) is 17.2 Å². The van der Waals surface area contributed by atoms with Crippen molar-refractivity contribution in [1.29, 1.82) is 0 Å². The molecule has 0 radical (unpaired) electrons. The molecule has 0 unspecified atom stereocenters. The van der Waals surface area contributed by atoms with Crippen molar-refractivity contribution in [3.63, 3.8) is 0 Å². The van der Waals surface area contributed by atoms with Crippen molar-refractivity contribution < 1.29 is 0 Å². The van der Waals surface area contributed by atoms with Crippen LogP contribution in [0.5, 0.6) is 0 Å². The second-order valence-corrected chi connectivity index (χ2v) is 3.66. The fourth-order valence-corrected chi connectivity index (χ4v) is 1.63. The molecule has 0 amide bonds. The van der Waals surface area contributed by atoms with Gasteiger partial charge in [-0.2, -0.15) is 5.10 Å². The second kappa shape index (κ2) is 3.06. The monoisotopic (exact) mass is 214 g/mol. The zero-order valence-corrected chi connectivity index (χ0v) is 8.68. The van der Waals surface area contributed by atoms with Crippen LogP contribution in [0, 0.1) is 6.92 Å². The zero-order valence-electron chi connectivity index (χ0n) is 8.68. The van der Waals surface area contributed by atoms with E-state index in [1.54, 1.807) is 6.07 Å². The molecular formula is C10H10N6. The number of anilines is 1. The van der Waals surface area contributed by atoms with Crippen molar-refractivity contribution in [2.45, 2.75) is 6.92 Å². The molecule has 0 aliphatic heterocycles. The first-order chi connectivity index (χ1) is 7.74. The summed E-state index contributed by atoms with van der Waals surface area (Å²) in [7, 11) is 0. The predicted octanol–water partition coefficient (Wildman–Crippen LogP) is 1.01. The van der Waals surface area contributed by atoms with E-state index in [4.69, 9.17) is 5.73 Å². The minimum absolute atomic E-state index is 0.443. The van der Waals surface area contributed by atoms with Gasteiger partial charge in [0.2, 0.25) is 0 Å². The lowest BCUT2D eigenvalue weighted by Gasteiger charge is -1.97. The number of rotatable bonds is 1. The van der Waals surface area contributed by atoms with Gasteiger partial charge in [-0.15, -0.1) is 10.2 Å². The van der Waals surface area contributed by atoms with Gasteiger partial charge >= 0.3 is 0 Å². The Morgan fingerprint density at radius 3 is 2.94 bits per heavy atom. The maximum absolute atomic E-state index is 5.55. The minimum atomic E-state index is 0.443. The number of nitrogens with zero attached hydrogens (tertiary/aromatic N) is 4. The Labute approximate surface area is 91.1 Å². The third-order valence-corrected chi connectivity index (χ3v) is 2.40. The summed E-state index contributed by atoms with van der Waals surface area (Å²) in [6.07, 6.45) is 1.93. The van der Waals surface area contributed by atoms with Crippen LogP contribution in [0.3, 0.4) is 0 Å². The zero-order chi connectivity index (χ0) is 11.1. The van der Waals surface area contributed by atoms with E-state index in [9.17, 15) is 0 Å². The number of nitrogens with two attached hydrogens (primary N) is 1. The molecule has 0 spiro atoms. The molecule has 6 heteroatoms. The third-order valence-electron chi connectivity index (χ3n) is 2.40. The van der Waals surface area contributed by atoms with Crippen LogP contribution in [0.4, 0.5) is 5.82 Å². The Bertz CT molecular complexity index is 650. The van der Waals surface area contributed by atoms with E-state index in [2.05, 4.69) is 20.4 Å². The number of nitrogen functional groups attached to an aromatic ring is 1. The number of hydrogen-bond acceptors (Lipinski definition) is 4. The van der Waals surface area contributed by atoms with Crippen molar-refractivity contribution in [3.05, 3.63) is 30.0 Å². The van der Waals surface area contributed by atoms with Crippen molar-refractivity contribution in [2.75, 3.05) is 5.73 Å². The van der Waals surface area contributed by atoms with Gasteiger partial charge in [0, 0.05) is 12.3 Å². The van der Waals surface area contributed by atoms with Gasteiger partial charge in [-0.25, -0.2) is 0 Å². The number of hydrogen-bond donors (Lipinski definition) is 2. The lowest BCUT2D eigenvalue weighted by Crippen LogP contribution is -1.89. The first kappa shape index (κ1) is 8.90. The lowest BCUT2D eigenvalue weighted by atomic mass is 10.3. The average molecular weight is 214 g/mol. The first-order valence-electron chi connectivity index (χ1n) is 4.87. The Morgan fingerprint density at radius 2 is 2.19 bits per heavy atom. The summed E-state index contributed by atoms with van der Waals surface area (Å²) in [4.78, 5) is 0. The molecule has 16 heavy (non-hydrogen) atoms. The van der Waals surface area contributed by atoms with E-state index in [0.29, 0.717) is 11.6 Å². The summed E-state index contributed by atoms with van der Waals surface area (Å²) in [5.41, 5.74) is 8.27. The summed E-state index contributed by atoms with van der Waals surface area (Å²) in [5.74, 6) is 1.15. The second-order valence-electron chi connectivity index (χ2n) is 3.66. The van der Waals surface area contributed by atoms with Gasteiger partial charge < -0.3 is 5.73 Å². The Morgan fingerprint density at radius 1 is 1.31 bits per heavy atom. The number of aromatic amines is 1. The summed E-state index contributed by atoms with van der Waals surface area (Å²) in [5, 5.41) is 14.9. The van der Waals surface area contributed by atoms with E-state index < -0.39 is 0 Å². The molecule has 0 saturated carbocycles. The first-order valence-corrected chi connectivity index (χ1v) is 4.87. The molecule has 3 rings (SSSR count). The van der Waals surface area contributed by atoms with Crippen LogP contribution < -0.4 is 5.73 Å². The topological polar surface area (TPSA) is 84.9 Å². The van der Waals surface area contributed by atoms with E-state index >= 15 is 0 Å². The van der Waals surface area contributed by atoms with Crippen LogP contribution in [0.1, 0.15) is 5.56 Å². The SMILES string of the molecule is Cc1ccn2c(-c3cc(N)n[nH]3)nnc2c1. The summed E-state index contributed by atoms with van der Waals surface area (Å²) in [6.45, 7) is 2.02. The number of H-pyrrole nitrogens is 1. The predicted molar refractivity (Wildman–Crippen MR) is 59.7 cm³/mol. The van der Waals surface area contributed by atoms with Gasteiger partial charge in [0.1, 0.15) is 11.5 Å². The van der Waals surface area contributed by atoms with Gasteiger partial charge in [-0.3, -0.25) is 9.50 Å². The van der Waals surface area contributed by atoms with Crippen LogP contribution >= 0.6 is 0 Å². The highest BCUT2D eigenvalue weighted by Gasteiger charge is 2.09. The van der Waals surface area contributed by atoms with E-state index in [1.165, 1.54) is 0 Å². The molecule has 80 valence electrons. The summed E-state index contributed by atoms with van der Waals surface area (Å²) in [6, 6.07) is 5.70. The van der Waals surface area contributed by atoms with Gasteiger partial charge in [-0.1, -0.05) is 0 Å². The van der Waals surface area contributed by atoms with Crippen molar-refractivity contribution in [1.82, 2.24) is 24.8 Å². The number of nitrogens with one attached hydrogen (secondary N) is 1. The Balaban J connectivity index is 2.25. The highest BCUT2D eigenvalue weighted by Crippen LogP contribution is 2.17. The molecule has 3 aromatic rings. The van der Waals surface area contributed by atoms with E-state index in [-0.39, 0.29) is 0 Å². The summed E-state index contributed by atoms with van der Waals surface area (Å²) >= 11 is 0. The maximum Gasteiger partial charge on any atom is 0.186 e. The molecule has 3 N–H and O–H groups in total. The molecule has 0 fully saturated rings. The fourth-order valence-electron chi connectivity index (χ4n) is 1.63. The van der Waals surface area contributed by atoms with Crippen LogP contribution in [0.2, 0.25) is 0 Å². The number of aryl methyl sites for hydroxylation is 1. The van der Waals surface area contributed by atoms with Gasteiger partial charge in [0.25, 0.3) is 0 Å². The van der Waals surface area contributed by atoms with Gasteiger partial charge in [-0.05, 0) is 24.6 Å². The van der Waals surface area contributed by atoms with Gasteiger partial charge in [0.15, 0.2) is 11.5 Å². The third kappa shape index (κ3) is 1.23. The van der Waals surface area contributed by atoms with Gasteiger partial charge in [0.05, 0.1) is 0 Å². The highest BCUT2D eigenvalue weighted by atomic mass is 15.3. The molecule has 0 aliphatic carbocycles. The number of fused-ring (bicyclic) bond motifs is 1. The number of pyridine rings is 1. The van der Waals surface area contributed by atoms with E-state index in [1.807, 2.05) is 29.7 Å². The Kier molecular flexibility index (Phi) is 1.70. The maximum atomic E-state index is 5.55. The molecule has 6 nitrogen and oxygen atoms in total. The lowest BCUT2D eigenvalue weighted by molar-refractivity contribution is 1.05. The highest BCUT2D eigenvalue weighted by molar-refractivity contribution is 5.58. The number of aromatic nitrogens is 5. The fraction of sp³-hybridized carbons (Fsp3) is 0.100. The normalized spacial score (nSPS) is 11.1. The van der Waals surface area contributed by atoms with Crippen molar-refractivity contribution in [2.24, 2.45) is 0 Å². The molecule has 3 aromatic heterocycles. The van der Waals surface area contributed by atoms with E-state index in [0.717, 1.165) is 16.9 Å². The smallest absolute Gasteiger partial charge is 0.186 e. The molecule has 0 saturated heterocycles. The summed E-state index contributed by atoms with van der Waals surface area (Å²) < 4.78 is 1.89. The molecule has 0 bridgehead atoms. The minimum Gasteiger partial charge on any atom is -0.382 e. The molecule has 0 aromatic carbocycles. The Hall–Kier alpha value is -2.37. The molecule has 3 heterocycles. The van der Waals surface area contributed by atoms with Crippen LogP contribution in [-0.2, 0) is 0 Å². The average Bonchev–Trinajstić information content (AvgIpc) is 2.83.